The van der Waals surface area contributed by atoms with Crippen molar-refractivity contribution in [3.05, 3.63) is 29.1 Å². The van der Waals surface area contributed by atoms with Gasteiger partial charge in [-0.3, -0.25) is 0 Å². The smallest absolute Gasteiger partial charge is 0.225 e. The van der Waals surface area contributed by atoms with Crippen LogP contribution in [0.1, 0.15) is 33.1 Å². The fraction of sp³-hybridized carbons (Fsp3) is 0.571. The summed E-state index contributed by atoms with van der Waals surface area (Å²) in [7, 11) is -3.27. The Morgan fingerprint density at radius 3 is 1.67 bits per heavy atom. The summed E-state index contributed by atoms with van der Waals surface area (Å²) >= 11 is 0. The maximum absolute atomic E-state index is 13.9. The molecule has 1 unspecified atom stereocenters. The van der Waals surface area contributed by atoms with Crippen LogP contribution in [0.3, 0.4) is 0 Å². The minimum Gasteiger partial charge on any atom is -0.410 e. The summed E-state index contributed by atoms with van der Waals surface area (Å²) in [6, 6.07) is 0. The van der Waals surface area contributed by atoms with Gasteiger partial charge in [-0.1, -0.05) is 20.3 Å². The number of benzene rings is 1. The summed E-state index contributed by atoms with van der Waals surface area (Å²) in [6.07, 6.45) is 1.83. The lowest BCUT2D eigenvalue weighted by Crippen LogP contribution is -2.51. The monoisotopic (exact) mass is 326 g/mol. The van der Waals surface area contributed by atoms with Gasteiger partial charge in [0.2, 0.25) is 14.1 Å². The third-order valence-electron chi connectivity index (χ3n) is 3.34. The van der Waals surface area contributed by atoms with E-state index >= 15 is 0 Å². The molecule has 0 aliphatic rings. The van der Waals surface area contributed by atoms with Gasteiger partial charge in [-0.25, -0.2) is 22.0 Å². The standard InChI is InChI=1S/C14H19F5OSi/c1-5-7-8(6-2)20-21(3,4)14-12(18)10(16)9(15)11(17)13(14)19/h8H,5-7H2,1-4H3. The zero-order chi connectivity index (χ0) is 16.4. The van der Waals surface area contributed by atoms with Crippen LogP contribution >= 0.6 is 0 Å². The quantitative estimate of drug-likeness (QED) is 0.326. The van der Waals surface area contributed by atoms with Gasteiger partial charge in [0, 0.05) is 11.3 Å². The highest BCUT2D eigenvalue weighted by atomic mass is 28.4. The Hall–Kier alpha value is -0.953. The van der Waals surface area contributed by atoms with Crippen molar-refractivity contribution < 1.29 is 26.4 Å². The molecule has 7 heteroatoms. The Morgan fingerprint density at radius 2 is 1.29 bits per heavy atom. The van der Waals surface area contributed by atoms with Gasteiger partial charge >= 0.3 is 0 Å². The lowest BCUT2D eigenvalue weighted by molar-refractivity contribution is 0.180. The zero-order valence-corrected chi connectivity index (χ0v) is 13.5. The molecule has 1 aromatic carbocycles. The van der Waals surface area contributed by atoms with E-state index in [0.717, 1.165) is 6.42 Å². The molecule has 0 aromatic heterocycles. The van der Waals surface area contributed by atoms with Crippen LogP contribution in [0.4, 0.5) is 22.0 Å². The van der Waals surface area contributed by atoms with E-state index in [1.165, 1.54) is 13.1 Å². The van der Waals surface area contributed by atoms with Gasteiger partial charge in [0.05, 0.1) is 0 Å². The molecule has 0 fully saturated rings. The molecule has 1 atom stereocenters. The van der Waals surface area contributed by atoms with E-state index in [1.54, 1.807) is 0 Å². The van der Waals surface area contributed by atoms with Crippen LogP contribution in [0.15, 0.2) is 0 Å². The van der Waals surface area contributed by atoms with Crippen molar-refractivity contribution in [2.24, 2.45) is 0 Å². The van der Waals surface area contributed by atoms with Gasteiger partial charge in [0.25, 0.3) is 0 Å². The second-order valence-corrected chi connectivity index (χ2v) is 9.15. The van der Waals surface area contributed by atoms with Crippen LogP contribution in [0.5, 0.6) is 0 Å². The first kappa shape index (κ1) is 18.1. The van der Waals surface area contributed by atoms with Crippen molar-refractivity contribution in [2.75, 3.05) is 0 Å². The summed E-state index contributed by atoms with van der Waals surface area (Å²) in [5.41, 5.74) is 0. The lowest BCUT2D eigenvalue weighted by Gasteiger charge is -2.30. The molecule has 0 spiro atoms. The van der Waals surface area contributed by atoms with Gasteiger partial charge in [0.1, 0.15) is 0 Å². The number of hydrogen-bond donors (Lipinski definition) is 0. The van der Waals surface area contributed by atoms with Crippen molar-refractivity contribution in [1.82, 2.24) is 0 Å². The highest BCUT2D eigenvalue weighted by Gasteiger charge is 2.39. The number of halogens is 5. The molecule has 120 valence electrons. The highest BCUT2D eigenvalue weighted by Crippen LogP contribution is 2.22. The predicted octanol–water partition coefficient (Wildman–Crippen LogP) is 4.39. The summed E-state index contributed by atoms with van der Waals surface area (Å²) in [4.78, 5) is 0. The van der Waals surface area contributed by atoms with Crippen molar-refractivity contribution >= 4 is 13.5 Å². The largest absolute Gasteiger partial charge is 0.410 e. The molecule has 0 aliphatic carbocycles. The molecular formula is C14H19F5OSi. The molecule has 0 radical (unpaired) electrons. The molecule has 0 aliphatic heterocycles. The minimum atomic E-state index is -3.27. The first-order valence-corrected chi connectivity index (χ1v) is 9.77. The zero-order valence-electron chi connectivity index (χ0n) is 12.5. The van der Waals surface area contributed by atoms with Crippen LogP contribution in [-0.4, -0.2) is 14.4 Å². The van der Waals surface area contributed by atoms with Crippen molar-refractivity contribution in [3.8, 4) is 0 Å². The molecule has 1 rings (SSSR count). The van der Waals surface area contributed by atoms with E-state index < -0.39 is 42.6 Å². The Labute approximate surface area is 122 Å². The predicted molar refractivity (Wildman–Crippen MR) is 73.4 cm³/mol. The summed E-state index contributed by atoms with van der Waals surface area (Å²) < 4.78 is 73.2. The minimum absolute atomic E-state index is 0.258. The van der Waals surface area contributed by atoms with E-state index in [9.17, 15) is 22.0 Å². The number of hydrogen-bond acceptors (Lipinski definition) is 1. The summed E-state index contributed by atoms with van der Waals surface area (Å²) in [5.74, 6) is -9.55. The average molecular weight is 326 g/mol. The first-order chi connectivity index (χ1) is 9.67. The SMILES string of the molecule is CCCC(CC)O[Si](C)(C)c1c(F)c(F)c(F)c(F)c1F. The van der Waals surface area contributed by atoms with E-state index in [4.69, 9.17) is 4.43 Å². The first-order valence-electron chi connectivity index (χ1n) is 6.87. The molecule has 1 nitrogen and oxygen atoms in total. The topological polar surface area (TPSA) is 9.23 Å². The Balaban J connectivity index is 3.31. The van der Waals surface area contributed by atoms with Gasteiger partial charge in [-0.15, -0.1) is 0 Å². The molecule has 0 heterocycles. The van der Waals surface area contributed by atoms with Gasteiger partial charge < -0.3 is 4.43 Å². The van der Waals surface area contributed by atoms with Crippen molar-refractivity contribution in [2.45, 2.75) is 52.3 Å². The lowest BCUT2D eigenvalue weighted by atomic mass is 10.2. The second kappa shape index (κ2) is 6.87. The molecule has 0 saturated carbocycles. The van der Waals surface area contributed by atoms with Crippen LogP contribution in [-0.2, 0) is 4.43 Å². The fourth-order valence-electron chi connectivity index (χ4n) is 2.28. The Morgan fingerprint density at radius 1 is 0.857 bits per heavy atom. The molecule has 0 amide bonds. The highest BCUT2D eigenvalue weighted by molar-refractivity contribution is 6.84. The normalized spacial score (nSPS) is 13.6. The Kier molecular flexibility index (Phi) is 5.92. The molecular weight excluding hydrogens is 307 g/mol. The van der Waals surface area contributed by atoms with Crippen LogP contribution in [0.2, 0.25) is 13.1 Å². The second-order valence-electron chi connectivity index (χ2n) is 5.39. The molecule has 0 bridgehead atoms. The van der Waals surface area contributed by atoms with Gasteiger partial charge in [-0.2, -0.15) is 0 Å². The summed E-state index contributed by atoms with van der Waals surface area (Å²) in [6.45, 7) is 6.65. The van der Waals surface area contributed by atoms with Crippen molar-refractivity contribution in [1.29, 1.82) is 0 Å². The van der Waals surface area contributed by atoms with Gasteiger partial charge in [0.15, 0.2) is 23.3 Å². The van der Waals surface area contributed by atoms with Crippen molar-refractivity contribution in [3.63, 3.8) is 0 Å². The van der Waals surface area contributed by atoms with E-state index in [1.807, 2.05) is 13.8 Å². The molecule has 21 heavy (non-hydrogen) atoms. The van der Waals surface area contributed by atoms with Crippen LogP contribution in [0.25, 0.3) is 0 Å². The molecule has 0 N–H and O–H groups in total. The van der Waals surface area contributed by atoms with Crippen LogP contribution in [0, 0.1) is 29.1 Å². The van der Waals surface area contributed by atoms with E-state index in [0.29, 0.717) is 12.8 Å². The third-order valence-corrected chi connectivity index (χ3v) is 5.90. The summed E-state index contributed by atoms with van der Waals surface area (Å²) in [5, 5.41) is -0.798. The molecule has 1 aromatic rings. The van der Waals surface area contributed by atoms with E-state index in [2.05, 4.69) is 0 Å². The van der Waals surface area contributed by atoms with Gasteiger partial charge in [-0.05, 0) is 25.9 Å². The average Bonchev–Trinajstić information content (AvgIpc) is 2.42. The molecule has 0 saturated heterocycles. The maximum atomic E-state index is 13.9. The fourth-order valence-corrected chi connectivity index (χ4v) is 4.79. The van der Waals surface area contributed by atoms with Crippen LogP contribution < -0.4 is 5.19 Å². The maximum Gasteiger partial charge on any atom is 0.225 e. The third kappa shape index (κ3) is 3.63. The van der Waals surface area contributed by atoms with E-state index in [-0.39, 0.29) is 6.10 Å². The Bertz CT molecular complexity index is 490. The number of rotatable bonds is 6.